The van der Waals surface area contributed by atoms with Crippen LogP contribution in [0.5, 0.6) is 0 Å². The van der Waals surface area contributed by atoms with Gasteiger partial charge in [-0.2, -0.15) is 0 Å². The van der Waals surface area contributed by atoms with Crippen molar-refractivity contribution in [1.82, 2.24) is 0 Å². The van der Waals surface area contributed by atoms with Gasteiger partial charge in [-0.05, 0) is 18.8 Å². The SMILES string of the molecule is CCCCCCCCCCCCC(CCCCCCCCCC)COCCOC. The Morgan fingerprint density at radius 3 is 1.24 bits per heavy atom. The molecule has 2 heteroatoms. The van der Waals surface area contributed by atoms with Crippen molar-refractivity contribution >= 4 is 0 Å². The maximum Gasteiger partial charge on any atom is 0.0700 e. The number of hydrogen-bond acceptors (Lipinski definition) is 2. The Labute approximate surface area is 184 Å². The molecule has 0 N–H and O–H groups in total. The predicted molar refractivity (Wildman–Crippen MR) is 130 cm³/mol. The molecule has 0 bridgehead atoms. The monoisotopic (exact) mass is 412 g/mol. The van der Waals surface area contributed by atoms with E-state index >= 15 is 0 Å². The minimum Gasteiger partial charge on any atom is -0.382 e. The van der Waals surface area contributed by atoms with Gasteiger partial charge in [0.25, 0.3) is 0 Å². The Morgan fingerprint density at radius 2 is 0.862 bits per heavy atom. The zero-order valence-electron chi connectivity index (χ0n) is 20.7. The number of ether oxygens (including phenoxy) is 2. The summed E-state index contributed by atoms with van der Waals surface area (Å²) < 4.78 is 11.0. The molecule has 0 aromatic heterocycles. The van der Waals surface area contributed by atoms with Crippen molar-refractivity contribution in [3.8, 4) is 0 Å². The van der Waals surface area contributed by atoms with Crippen molar-refractivity contribution in [3.05, 3.63) is 0 Å². The van der Waals surface area contributed by atoms with E-state index in [9.17, 15) is 0 Å². The largest absolute Gasteiger partial charge is 0.382 e. The van der Waals surface area contributed by atoms with Crippen LogP contribution in [0.1, 0.15) is 142 Å². The smallest absolute Gasteiger partial charge is 0.0700 e. The number of unbranched alkanes of at least 4 members (excludes halogenated alkanes) is 16. The summed E-state index contributed by atoms with van der Waals surface area (Å²) in [7, 11) is 1.76. The van der Waals surface area contributed by atoms with E-state index in [1.165, 1.54) is 128 Å². The molecule has 29 heavy (non-hydrogen) atoms. The molecule has 0 aliphatic carbocycles. The molecule has 0 aromatic rings. The molecule has 176 valence electrons. The third-order valence-corrected chi connectivity index (χ3v) is 6.22. The van der Waals surface area contributed by atoms with Crippen molar-refractivity contribution in [2.24, 2.45) is 5.92 Å². The summed E-state index contributed by atoms with van der Waals surface area (Å²) >= 11 is 0. The molecule has 0 heterocycles. The van der Waals surface area contributed by atoms with E-state index in [-0.39, 0.29) is 0 Å². The van der Waals surface area contributed by atoms with Crippen LogP contribution < -0.4 is 0 Å². The maximum absolute atomic E-state index is 5.88. The molecule has 1 atom stereocenters. The number of methoxy groups -OCH3 is 1. The van der Waals surface area contributed by atoms with Gasteiger partial charge in [0.15, 0.2) is 0 Å². The van der Waals surface area contributed by atoms with Crippen molar-refractivity contribution in [3.63, 3.8) is 0 Å². The lowest BCUT2D eigenvalue weighted by Crippen LogP contribution is -2.13. The van der Waals surface area contributed by atoms with Gasteiger partial charge in [-0.15, -0.1) is 0 Å². The molecule has 0 aliphatic heterocycles. The van der Waals surface area contributed by atoms with Crippen LogP contribution in [0, 0.1) is 5.92 Å². The van der Waals surface area contributed by atoms with Gasteiger partial charge in [-0.1, -0.05) is 129 Å². The van der Waals surface area contributed by atoms with Gasteiger partial charge in [0.05, 0.1) is 13.2 Å². The van der Waals surface area contributed by atoms with Crippen LogP contribution in [0.2, 0.25) is 0 Å². The molecule has 0 amide bonds. The Bertz CT molecular complexity index is 280. The molecule has 0 fully saturated rings. The number of rotatable bonds is 25. The van der Waals surface area contributed by atoms with Crippen molar-refractivity contribution in [2.75, 3.05) is 26.9 Å². The van der Waals surface area contributed by atoms with Crippen LogP contribution >= 0.6 is 0 Å². The second kappa shape index (κ2) is 26.0. The van der Waals surface area contributed by atoms with E-state index in [0.717, 1.165) is 25.7 Å². The van der Waals surface area contributed by atoms with E-state index in [1.807, 2.05) is 0 Å². The van der Waals surface area contributed by atoms with Crippen LogP contribution in [-0.4, -0.2) is 26.9 Å². The second-order valence-electron chi connectivity index (χ2n) is 9.17. The third-order valence-electron chi connectivity index (χ3n) is 6.22. The van der Waals surface area contributed by atoms with E-state index in [2.05, 4.69) is 13.8 Å². The highest BCUT2D eigenvalue weighted by molar-refractivity contribution is 4.61. The third kappa shape index (κ3) is 24.1. The van der Waals surface area contributed by atoms with Gasteiger partial charge in [0, 0.05) is 13.7 Å². The summed E-state index contributed by atoms with van der Waals surface area (Å²) in [6, 6.07) is 0. The van der Waals surface area contributed by atoms with E-state index in [1.54, 1.807) is 7.11 Å². The summed E-state index contributed by atoms with van der Waals surface area (Å²) in [5.74, 6) is 0.765. The summed E-state index contributed by atoms with van der Waals surface area (Å²) in [4.78, 5) is 0. The fraction of sp³-hybridized carbons (Fsp3) is 1.00. The first-order chi connectivity index (χ1) is 14.3. The van der Waals surface area contributed by atoms with Gasteiger partial charge in [0.1, 0.15) is 0 Å². The molecule has 0 aromatic carbocycles. The summed E-state index contributed by atoms with van der Waals surface area (Å²) in [6.07, 6.45) is 28.3. The summed E-state index contributed by atoms with van der Waals surface area (Å²) in [5, 5.41) is 0. The molecule has 1 unspecified atom stereocenters. The van der Waals surface area contributed by atoms with Gasteiger partial charge in [-0.25, -0.2) is 0 Å². The number of hydrogen-bond donors (Lipinski definition) is 0. The first-order valence-corrected chi connectivity index (χ1v) is 13.4. The molecule has 0 radical (unpaired) electrons. The van der Waals surface area contributed by atoms with Gasteiger partial charge < -0.3 is 9.47 Å². The van der Waals surface area contributed by atoms with E-state index in [4.69, 9.17) is 9.47 Å². The quantitative estimate of drug-likeness (QED) is 0.139. The minimum absolute atomic E-state index is 0.725. The van der Waals surface area contributed by atoms with Crippen molar-refractivity contribution in [2.45, 2.75) is 142 Å². The van der Waals surface area contributed by atoms with Gasteiger partial charge in [-0.3, -0.25) is 0 Å². The Balaban J connectivity index is 3.68. The van der Waals surface area contributed by atoms with Crippen molar-refractivity contribution in [1.29, 1.82) is 0 Å². The average molecular weight is 413 g/mol. The van der Waals surface area contributed by atoms with Crippen molar-refractivity contribution < 1.29 is 9.47 Å². The average Bonchev–Trinajstić information content (AvgIpc) is 2.73. The summed E-state index contributed by atoms with van der Waals surface area (Å²) in [5.41, 5.74) is 0. The fourth-order valence-corrected chi connectivity index (χ4v) is 4.19. The molecule has 2 nitrogen and oxygen atoms in total. The lowest BCUT2D eigenvalue weighted by atomic mass is 9.94. The van der Waals surface area contributed by atoms with Gasteiger partial charge >= 0.3 is 0 Å². The normalized spacial score (nSPS) is 12.5. The zero-order chi connectivity index (χ0) is 21.3. The van der Waals surface area contributed by atoms with Crippen LogP contribution in [0.4, 0.5) is 0 Å². The molecule has 0 saturated carbocycles. The molecule has 0 spiro atoms. The molecular weight excluding hydrogens is 356 g/mol. The minimum atomic E-state index is 0.725. The standard InChI is InChI=1S/C27H56O2/c1-4-6-8-10-12-14-15-17-19-21-23-27(26-29-25-24-28-3)22-20-18-16-13-11-9-7-5-2/h27H,4-26H2,1-3H3. The predicted octanol–water partition coefficient (Wildman–Crippen LogP) is 9.11. The first-order valence-electron chi connectivity index (χ1n) is 13.4. The Kier molecular flexibility index (Phi) is 25.9. The summed E-state index contributed by atoms with van der Waals surface area (Å²) in [6.45, 7) is 7.01. The van der Waals surface area contributed by atoms with Crippen LogP contribution in [0.15, 0.2) is 0 Å². The highest BCUT2D eigenvalue weighted by atomic mass is 16.5. The first kappa shape index (κ1) is 28.9. The lowest BCUT2D eigenvalue weighted by Gasteiger charge is -2.17. The van der Waals surface area contributed by atoms with E-state index < -0.39 is 0 Å². The topological polar surface area (TPSA) is 18.5 Å². The molecule has 0 rings (SSSR count). The maximum atomic E-state index is 5.88. The van der Waals surface area contributed by atoms with Crippen LogP contribution in [0.25, 0.3) is 0 Å². The molecule has 0 saturated heterocycles. The zero-order valence-corrected chi connectivity index (χ0v) is 20.7. The van der Waals surface area contributed by atoms with Crippen LogP contribution in [0.3, 0.4) is 0 Å². The van der Waals surface area contributed by atoms with Gasteiger partial charge in [0.2, 0.25) is 0 Å². The highest BCUT2D eigenvalue weighted by Gasteiger charge is 2.09. The molecule has 0 aliphatic rings. The Hall–Kier alpha value is -0.0800. The molecular formula is C27H56O2. The lowest BCUT2D eigenvalue weighted by molar-refractivity contribution is 0.0469. The highest BCUT2D eigenvalue weighted by Crippen LogP contribution is 2.20. The van der Waals surface area contributed by atoms with E-state index in [0.29, 0.717) is 0 Å². The fourth-order valence-electron chi connectivity index (χ4n) is 4.19. The Morgan fingerprint density at radius 1 is 0.483 bits per heavy atom. The van der Waals surface area contributed by atoms with Crippen LogP contribution in [-0.2, 0) is 9.47 Å². The second-order valence-corrected chi connectivity index (χ2v) is 9.17.